The molecule has 1 N–H and O–H groups in total. The number of hydrogen-bond acceptors (Lipinski definition) is 3. The standard InChI is InChI=1S/C16H18N2O/c1-17-11-16-15-4-2-3-13(14(15)7-10-19-16)12-5-8-18-9-6-12/h2-6,8-9,16-17H,7,10-11H2,1H3/t16-/m1/s1. The van der Waals surface area contributed by atoms with Gasteiger partial charge in [0, 0.05) is 18.9 Å². The Labute approximate surface area is 113 Å². The number of nitrogens with zero attached hydrogens (tertiary/aromatic N) is 1. The SMILES string of the molecule is CNC[C@H]1OCCc2c(-c3ccncc3)cccc21. The third kappa shape index (κ3) is 2.39. The molecule has 19 heavy (non-hydrogen) atoms. The Morgan fingerprint density at radius 1 is 1.26 bits per heavy atom. The Morgan fingerprint density at radius 3 is 2.89 bits per heavy atom. The largest absolute Gasteiger partial charge is 0.372 e. The van der Waals surface area contributed by atoms with Crippen molar-refractivity contribution < 1.29 is 4.74 Å². The molecular weight excluding hydrogens is 236 g/mol. The van der Waals surface area contributed by atoms with E-state index < -0.39 is 0 Å². The van der Waals surface area contributed by atoms with Gasteiger partial charge in [0.2, 0.25) is 0 Å². The highest BCUT2D eigenvalue weighted by Crippen LogP contribution is 2.33. The van der Waals surface area contributed by atoms with Gasteiger partial charge in [0.05, 0.1) is 12.7 Å². The molecule has 2 aromatic rings. The Morgan fingerprint density at radius 2 is 2.11 bits per heavy atom. The van der Waals surface area contributed by atoms with Crippen LogP contribution in [0.25, 0.3) is 11.1 Å². The molecule has 2 heterocycles. The molecule has 1 aliphatic rings. The molecule has 1 atom stereocenters. The highest BCUT2D eigenvalue weighted by atomic mass is 16.5. The number of nitrogens with one attached hydrogen (secondary N) is 1. The molecule has 0 bridgehead atoms. The van der Waals surface area contributed by atoms with Crippen molar-refractivity contribution in [2.75, 3.05) is 20.2 Å². The quantitative estimate of drug-likeness (QED) is 0.914. The lowest BCUT2D eigenvalue weighted by Gasteiger charge is -2.27. The van der Waals surface area contributed by atoms with E-state index in [2.05, 4.69) is 40.6 Å². The van der Waals surface area contributed by atoms with E-state index in [4.69, 9.17) is 4.74 Å². The molecule has 1 aromatic carbocycles. The van der Waals surface area contributed by atoms with Crippen molar-refractivity contribution in [2.24, 2.45) is 0 Å². The monoisotopic (exact) mass is 254 g/mol. The van der Waals surface area contributed by atoms with Crippen molar-refractivity contribution in [2.45, 2.75) is 12.5 Å². The molecule has 1 aliphatic heterocycles. The molecule has 0 spiro atoms. The van der Waals surface area contributed by atoms with Crippen LogP contribution in [0.2, 0.25) is 0 Å². The van der Waals surface area contributed by atoms with Gasteiger partial charge in [-0.25, -0.2) is 0 Å². The van der Waals surface area contributed by atoms with Crippen LogP contribution in [0.1, 0.15) is 17.2 Å². The number of fused-ring (bicyclic) bond motifs is 1. The van der Waals surface area contributed by atoms with E-state index in [1.807, 2.05) is 19.4 Å². The van der Waals surface area contributed by atoms with Crippen LogP contribution in [-0.4, -0.2) is 25.2 Å². The maximum atomic E-state index is 5.86. The zero-order valence-electron chi connectivity index (χ0n) is 11.1. The van der Waals surface area contributed by atoms with Gasteiger partial charge >= 0.3 is 0 Å². The van der Waals surface area contributed by atoms with E-state index in [1.54, 1.807) is 0 Å². The highest BCUT2D eigenvalue weighted by molar-refractivity contribution is 5.69. The number of hydrogen-bond donors (Lipinski definition) is 1. The summed E-state index contributed by atoms with van der Waals surface area (Å²) in [4.78, 5) is 4.09. The normalized spacial score (nSPS) is 18.1. The summed E-state index contributed by atoms with van der Waals surface area (Å²) in [6.45, 7) is 1.65. The zero-order valence-corrected chi connectivity index (χ0v) is 11.1. The van der Waals surface area contributed by atoms with Crippen molar-refractivity contribution in [1.29, 1.82) is 0 Å². The van der Waals surface area contributed by atoms with Crippen molar-refractivity contribution >= 4 is 0 Å². The molecule has 0 aliphatic carbocycles. The minimum Gasteiger partial charge on any atom is -0.372 e. The molecular formula is C16H18N2O. The molecule has 3 rings (SSSR count). The lowest BCUT2D eigenvalue weighted by Crippen LogP contribution is -2.25. The fourth-order valence-corrected chi connectivity index (χ4v) is 2.73. The molecule has 0 radical (unpaired) electrons. The van der Waals surface area contributed by atoms with Crippen molar-refractivity contribution in [3.63, 3.8) is 0 Å². The maximum Gasteiger partial charge on any atom is 0.0952 e. The fourth-order valence-electron chi connectivity index (χ4n) is 2.73. The van der Waals surface area contributed by atoms with Crippen molar-refractivity contribution in [3.05, 3.63) is 53.9 Å². The van der Waals surface area contributed by atoms with E-state index in [0.29, 0.717) is 0 Å². The van der Waals surface area contributed by atoms with Crippen LogP contribution in [-0.2, 0) is 11.2 Å². The lowest BCUT2D eigenvalue weighted by atomic mass is 9.90. The fraction of sp³-hybridized carbons (Fsp3) is 0.312. The van der Waals surface area contributed by atoms with Crippen LogP contribution in [0.5, 0.6) is 0 Å². The molecule has 0 saturated heterocycles. The molecule has 98 valence electrons. The summed E-state index contributed by atoms with van der Waals surface area (Å²) in [5.74, 6) is 0. The van der Waals surface area contributed by atoms with Crippen LogP contribution in [0.4, 0.5) is 0 Å². The summed E-state index contributed by atoms with van der Waals surface area (Å²) in [6.07, 6.45) is 4.84. The van der Waals surface area contributed by atoms with Gasteiger partial charge in [0.15, 0.2) is 0 Å². The Hall–Kier alpha value is -1.71. The summed E-state index contributed by atoms with van der Waals surface area (Å²) < 4.78 is 5.86. The van der Waals surface area contributed by atoms with Crippen LogP contribution >= 0.6 is 0 Å². The minimum atomic E-state index is 0.163. The van der Waals surface area contributed by atoms with E-state index in [0.717, 1.165) is 19.6 Å². The first-order valence-electron chi connectivity index (χ1n) is 6.68. The first-order valence-corrected chi connectivity index (χ1v) is 6.68. The Kier molecular flexibility index (Phi) is 3.58. The number of likely N-dealkylation sites (N-methyl/N-ethyl adjacent to an activating group) is 1. The van der Waals surface area contributed by atoms with E-state index >= 15 is 0 Å². The molecule has 0 fully saturated rings. The summed E-state index contributed by atoms with van der Waals surface area (Å²) in [5.41, 5.74) is 5.27. The maximum absolute atomic E-state index is 5.86. The Bertz CT molecular complexity index is 554. The third-order valence-electron chi connectivity index (χ3n) is 3.61. The van der Waals surface area contributed by atoms with Gasteiger partial charge in [-0.3, -0.25) is 4.98 Å². The predicted octanol–water partition coefficient (Wildman–Crippen LogP) is 2.58. The Balaban J connectivity index is 2.06. The summed E-state index contributed by atoms with van der Waals surface area (Å²) in [5, 5.41) is 3.20. The smallest absolute Gasteiger partial charge is 0.0952 e. The summed E-state index contributed by atoms with van der Waals surface area (Å²) >= 11 is 0. The van der Waals surface area contributed by atoms with Gasteiger partial charge in [-0.05, 0) is 47.9 Å². The van der Waals surface area contributed by atoms with Gasteiger partial charge in [-0.2, -0.15) is 0 Å². The average Bonchev–Trinajstić information content (AvgIpc) is 2.48. The number of aromatic nitrogens is 1. The lowest BCUT2D eigenvalue weighted by molar-refractivity contribution is 0.0440. The topological polar surface area (TPSA) is 34.1 Å². The number of benzene rings is 1. The van der Waals surface area contributed by atoms with Crippen LogP contribution < -0.4 is 5.32 Å². The van der Waals surface area contributed by atoms with Gasteiger partial charge < -0.3 is 10.1 Å². The summed E-state index contributed by atoms with van der Waals surface area (Å²) in [6, 6.07) is 10.6. The zero-order chi connectivity index (χ0) is 13.1. The van der Waals surface area contributed by atoms with Gasteiger partial charge in [-0.1, -0.05) is 18.2 Å². The average molecular weight is 254 g/mol. The third-order valence-corrected chi connectivity index (χ3v) is 3.61. The van der Waals surface area contributed by atoms with Crippen molar-refractivity contribution in [1.82, 2.24) is 10.3 Å². The van der Waals surface area contributed by atoms with E-state index in [1.165, 1.54) is 22.3 Å². The number of ether oxygens (including phenoxy) is 1. The molecule has 3 heteroatoms. The molecule has 0 saturated carbocycles. The van der Waals surface area contributed by atoms with Gasteiger partial charge in [0.1, 0.15) is 0 Å². The molecule has 0 unspecified atom stereocenters. The van der Waals surface area contributed by atoms with Gasteiger partial charge in [0.25, 0.3) is 0 Å². The van der Waals surface area contributed by atoms with Crippen LogP contribution in [0.3, 0.4) is 0 Å². The number of rotatable bonds is 3. The van der Waals surface area contributed by atoms with Crippen LogP contribution in [0, 0.1) is 0 Å². The van der Waals surface area contributed by atoms with Crippen LogP contribution in [0.15, 0.2) is 42.7 Å². The number of pyridine rings is 1. The van der Waals surface area contributed by atoms with E-state index in [9.17, 15) is 0 Å². The second-order valence-electron chi connectivity index (χ2n) is 4.78. The first kappa shape index (κ1) is 12.3. The van der Waals surface area contributed by atoms with Crippen molar-refractivity contribution in [3.8, 4) is 11.1 Å². The second kappa shape index (κ2) is 5.51. The summed E-state index contributed by atoms with van der Waals surface area (Å²) in [7, 11) is 1.96. The molecule has 3 nitrogen and oxygen atoms in total. The van der Waals surface area contributed by atoms with Gasteiger partial charge in [-0.15, -0.1) is 0 Å². The molecule has 0 amide bonds. The highest BCUT2D eigenvalue weighted by Gasteiger charge is 2.22. The minimum absolute atomic E-state index is 0.163. The van der Waals surface area contributed by atoms with E-state index in [-0.39, 0.29) is 6.10 Å². The first-order chi connectivity index (χ1) is 9.40. The predicted molar refractivity (Wildman–Crippen MR) is 76.0 cm³/mol. The molecule has 1 aromatic heterocycles. The second-order valence-corrected chi connectivity index (χ2v) is 4.78.